The number of hydrogen-bond acceptors (Lipinski definition) is 4. The molecule has 0 spiro atoms. The Balaban J connectivity index is 1.35. The molecule has 0 bridgehead atoms. The summed E-state index contributed by atoms with van der Waals surface area (Å²) >= 11 is 6.19. The van der Waals surface area contributed by atoms with Crippen molar-refractivity contribution in [2.24, 2.45) is 0 Å². The highest BCUT2D eigenvalue weighted by atomic mass is 35.5. The summed E-state index contributed by atoms with van der Waals surface area (Å²) in [7, 11) is 0. The van der Waals surface area contributed by atoms with Crippen LogP contribution in [-0.4, -0.2) is 62.9 Å². The van der Waals surface area contributed by atoms with Crippen LogP contribution in [0.15, 0.2) is 30.5 Å². The molecule has 2 fully saturated rings. The molecule has 1 amide bonds. The lowest BCUT2D eigenvalue weighted by Crippen LogP contribution is -2.46. The SMILES string of the molecule is O=C(c1cn(Cc2ccccc2Cl)nn1)N1CCC(N2CCCC2)CC1. The molecular weight excluding hydrogens is 350 g/mol. The Morgan fingerprint density at radius 3 is 2.58 bits per heavy atom. The van der Waals surface area contributed by atoms with E-state index < -0.39 is 0 Å². The van der Waals surface area contributed by atoms with Gasteiger partial charge in [-0.3, -0.25) is 4.79 Å². The van der Waals surface area contributed by atoms with Crippen molar-refractivity contribution in [3.8, 4) is 0 Å². The zero-order valence-corrected chi connectivity index (χ0v) is 15.6. The van der Waals surface area contributed by atoms with Crippen LogP contribution >= 0.6 is 11.6 Å². The first-order valence-electron chi connectivity index (χ1n) is 9.37. The average molecular weight is 374 g/mol. The monoisotopic (exact) mass is 373 g/mol. The quantitative estimate of drug-likeness (QED) is 0.826. The summed E-state index contributed by atoms with van der Waals surface area (Å²) in [5, 5.41) is 8.87. The summed E-state index contributed by atoms with van der Waals surface area (Å²) in [4.78, 5) is 17.2. The van der Waals surface area contributed by atoms with Crippen LogP contribution in [0.25, 0.3) is 0 Å². The largest absolute Gasteiger partial charge is 0.337 e. The summed E-state index contributed by atoms with van der Waals surface area (Å²) in [5.41, 5.74) is 1.38. The molecular formula is C19H24ClN5O. The van der Waals surface area contributed by atoms with Gasteiger partial charge in [-0.1, -0.05) is 35.0 Å². The Morgan fingerprint density at radius 1 is 1.12 bits per heavy atom. The van der Waals surface area contributed by atoms with Gasteiger partial charge in [0, 0.05) is 24.2 Å². The normalized spacial score (nSPS) is 19.2. The number of hydrogen-bond donors (Lipinski definition) is 0. The maximum Gasteiger partial charge on any atom is 0.276 e. The summed E-state index contributed by atoms with van der Waals surface area (Å²) in [6.07, 6.45) is 6.46. The molecule has 0 atom stereocenters. The molecule has 2 aliphatic heterocycles. The van der Waals surface area contributed by atoms with E-state index in [4.69, 9.17) is 11.6 Å². The van der Waals surface area contributed by atoms with E-state index in [0.29, 0.717) is 23.3 Å². The van der Waals surface area contributed by atoms with E-state index in [-0.39, 0.29) is 5.91 Å². The van der Waals surface area contributed by atoms with Crippen LogP contribution in [-0.2, 0) is 6.54 Å². The maximum absolute atomic E-state index is 12.7. The fraction of sp³-hybridized carbons (Fsp3) is 0.526. The number of carbonyl (C=O) groups excluding carboxylic acids is 1. The van der Waals surface area contributed by atoms with Gasteiger partial charge in [0.15, 0.2) is 5.69 Å². The smallest absolute Gasteiger partial charge is 0.276 e. The van der Waals surface area contributed by atoms with Gasteiger partial charge < -0.3 is 9.80 Å². The van der Waals surface area contributed by atoms with Gasteiger partial charge in [-0.25, -0.2) is 4.68 Å². The van der Waals surface area contributed by atoms with Crippen LogP contribution in [0.1, 0.15) is 41.7 Å². The van der Waals surface area contributed by atoms with Crippen molar-refractivity contribution in [1.29, 1.82) is 0 Å². The highest BCUT2D eigenvalue weighted by Gasteiger charge is 2.29. The molecule has 26 heavy (non-hydrogen) atoms. The summed E-state index contributed by atoms with van der Waals surface area (Å²) < 4.78 is 1.67. The minimum Gasteiger partial charge on any atom is -0.337 e. The van der Waals surface area contributed by atoms with Crippen LogP contribution in [0.2, 0.25) is 5.02 Å². The lowest BCUT2D eigenvalue weighted by molar-refractivity contribution is 0.0638. The minimum absolute atomic E-state index is 0.0183. The maximum atomic E-state index is 12.7. The fourth-order valence-corrected chi connectivity index (χ4v) is 4.17. The summed E-state index contributed by atoms with van der Waals surface area (Å²) in [6.45, 7) is 4.55. The van der Waals surface area contributed by atoms with Gasteiger partial charge in [0.25, 0.3) is 5.91 Å². The van der Waals surface area contributed by atoms with E-state index in [9.17, 15) is 4.79 Å². The number of rotatable bonds is 4. The van der Waals surface area contributed by atoms with Crippen LogP contribution < -0.4 is 0 Å². The Labute approximate surface area is 158 Å². The van der Waals surface area contributed by atoms with Gasteiger partial charge in [-0.15, -0.1) is 5.10 Å². The van der Waals surface area contributed by atoms with E-state index in [2.05, 4.69) is 15.2 Å². The zero-order chi connectivity index (χ0) is 17.9. The number of benzene rings is 1. The molecule has 2 saturated heterocycles. The van der Waals surface area contributed by atoms with Gasteiger partial charge in [-0.05, 0) is 50.4 Å². The Morgan fingerprint density at radius 2 is 1.85 bits per heavy atom. The van der Waals surface area contributed by atoms with Crippen LogP contribution in [0.4, 0.5) is 0 Å². The van der Waals surface area contributed by atoms with Crippen LogP contribution in [0.3, 0.4) is 0 Å². The molecule has 4 rings (SSSR count). The third kappa shape index (κ3) is 3.76. The molecule has 7 heteroatoms. The van der Waals surface area contributed by atoms with Crippen molar-refractivity contribution >= 4 is 17.5 Å². The lowest BCUT2D eigenvalue weighted by Gasteiger charge is -2.36. The van der Waals surface area contributed by atoms with E-state index in [1.54, 1.807) is 10.9 Å². The molecule has 1 aromatic carbocycles. The number of nitrogens with zero attached hydrogens (tertiary/aromatic N) is 5. The van der Waals surface area contributed by atoms with Crippen molar-refractivity contribution in [2.45, 2.75) is 38.3 Å². The van der Waals surface area contributed by atoms with Crippen molar-refractivity contribution in [3.63, 3.8) is 0 Å². The molecule has 0 N–H and O–H groups in total. The molecule has 3 heterocycles. The van der Waals surface area contributed by atoms with Crippen LogP contribution in [0.5, 0.6) is 0 Å². The molecule has 0 saturated carbocycles. The third-order valence-corrected chi connectivity index (χ3v) is 5.83. The predicted molar refractivity (Wildman–Crippen MR) is 100 cm³/mol. The molecule has 2 aromatic rings. The number of amides is 1. The second kappa shape index (κ2) is 7.76. The molecule has 0 unspecified atom stereocenters. The first-order valence-corrected chi connectivity index (χ1v) is 9.75. The molecule has 0 aliphatic carbocycles. The second-order valence-electron chi connectivity index (χ2n) is 7.16. The molecule has 1 aromatic heterocycles. The Kier molecular flexibility index (Phi) is 5.22. The van der Waals surface area contributed by atoms with Gasteiger partial charge in [0.1, 0.15) is 0 Å². The Bertz CT molecular complexity index is 763. The van der Waals surface area contributed by atoms with Crippen LogP contribution in [0, 0.1) is 0 Å². The zero-order valence-electron chi connectivity index (χ0n) is 14.9. The number of piperidine rings is 1. The minimum atomic E-state index is -0.0183. The highest BCUT2D eigenvalue weighted by molar-refractivity contribution is 6.31. The molecule has 2 aliphatic rings. The average Bonchev–Trinajstić information content (AvgIpc) is 3.35. The van der Waals surface area contributed by atoms with Gasteiger partial charge in [0.05, 0.1) is 12.7 Å². The van der Waals surface area contributed by atoms with E-state index >= 15 is 0 Å². The van der Waals surface area contributed by atoms with Crippen molar-refractivity contribution in [3.05, 3.63) is 46.7 Å². The number of likely N-dealkylation sites (tertiary alicyclic amines) is 2. The number of carbonyl (C=O) groups is 1. The van der Waals surface area contributed by atoms with Crippen molar-refractivity contribution in [2.75, 3.05) is 26.2 Å². The van der Waals surface area contributed by atoms with E-state index in [1.807, 2.05) is 29.2 Å². The summed E-state index contributed by atoms with van der Waals surface area (Å²) in [5.74, 6) is -0.0183. The Hall–Kier alpha value is -1.92. The van der Waals surface area contributed by atoms with Gasteiger partial charge in [-0.2, -0.15) is 0 Å². The molecule has 0 radical (unpaired) electrons. The highest BCUT2D eigenvalue weighted by Crippen LogP contribution is 2.22. The topological polar surface area (TPSA) is 54.3 Å². The number of aromatic nitrogens is 3. The first kappa shape index (κ1) is 17.5. The molecule has 6 nitrogen and oxygen atoms in total. The second-order valence-corrected chi connectivity index (χ2v) is 7.57. The standard InChI is InChI=1S/C19H24ClN5O/c20-17-6-2-1-5-15(17)13-25-14-18(21-22-25)19(26)24-11-7-16(8-12-24)23-9-3-4-10-23/h1-2,5-6,14,16H,3-4,7-13H2. The van der Waals surface area contributed by atoms with Gasteiger partial charge >= 0.3 is 0 Å². The third-order valence-electron chi connectivity index (χ3n) is 5.46. The predicted octanol–water partition coefficient (Wildman–Crippen LogP) is 2.68. The fourth-order valence-electron chi connectivity index (χ4n) is 3.98. The van der Waals surface area contributed by atoms with E-state index in [1.165, 1.54) is 25.9 Å². The van der Waals surface area contributed by atoms with Gasteiger partial charge in [0.2, 0.25) is 0 Å². The van der Waals surface area contributed by atoms with E-state index in [0.717, 1.165) is 31.5 Å². The lowest BCUT2D eigenvalue weighted by atomic mass is 10.0. The molecule has 138 valence electrons. The van der Waals surface area contributed by atoms with Crippen molar-refractivity contribution in [1.82, 2.24) is 24.8 Å². The first-order chi connectivity index (χ1) is 12.7. The van der Waals surface area contributed by atoms with Crippen molar-refractivity contribution < 1.29 is 4.79 Å². The summed E-state index contributed by atoms with van der Waals surface area (Å²) in [6, 6.07) is 8.28. The number of halogens is 1.